The summed E-state index contributed by atoms with van der Waals surface area (Å²) < 4.78 is 10.2. The standard InChI is InChI=1S/C13H15NO2/c1-15-13-4-2-3-11(7-13)8-14-9-12-5-6-16-10-12/h2-7,10,14H,8-9H2,1H3. The summed E-state index contributed by atoms with van der Waals surface area (Å²) in [4.78, 5) is 0. The van der Waals surface area contributed by atoms with Gasteiger partial charge in [0.15, 0.2) is 0 Å². The van der Waals surface area contributed by atoms with E-state index in [1.807, 2.05) is 24.3 Å². The lowest BCUT2D eigenvalue weighted by molar-refractivity contribution is 0.414. The molecule has 2 aromatic rings. The van der Waals surface area contributed by atoms with Gasteiger partial charge in [0.25, 0.3) is 0 Å². The van der Waals surface area contributed by atoms with E-state index >= 15 is 0 Å². The van der Waals surface area contributed by atoms with Crippen molar-refractivity contribution in [1.29, 1.82) is 0 Å². The lowest BCUT2D eigenvalue weighted by Crippen LogP contribution is -2.12. The largest absolute Gasteiger partial charge is 0.497 e. The fourth-order valence-electron chi connectivity index (χ4n) is 1.53. The summed E-state index contributed by atoms with van der Waals surface area (Å²) in [5, 5.41) is 3.34. The van der Waals surface area contributed by atoms with Crippen LogP contribution in [0.25, 0.3) is 0 Å². The molecule has 0 saturated heterocycles. The normalized spacial score (nSPS) is 10.3. The molecule has 1 N–H and O–H groups in total. The summed E-state index contributed by atoms with van der Waals surface area (Å²) in [7, 11) is 1.68. The summed E-state index contributed by atoms with van der Waals surface area (Å²) >= 11 is 0. The summed E-state index contributed by atoms with van der Waals surface area (Å²) in [5.41, 5.74) is 2.37. The van der Waals surface area contributed by atoms with Gasteiger partial charge in [-0.25, -0.2) is 0 Å². The first-order valence-corrected chi connectivity index (χ1v) is 5.23. The summed E-state index contributed by atoms with van der Waals surface area (Å²) in [5.74, 6) is 0.891. The number of furan rings is 1. The van der Waals surface area contributed by atoms with Crippen molar-refractivity contribution in [2.24, 2.45) is 0 Å². The number of hydrogen-bond donors (Lipinski definition) is 1. The molecular weight excluding hydrogens is 202 g/mol. The van der Waals surface area contributed by atoms with E-state index in [0.717, 1.165) is 24.4 Å². The molecule has 0 amide bonds. The average Bonchev–Trinajstić information content (AvgIpc) is 2.82. The zero-order valence-electron chi connectivity index (χ0n) is 9.27. The zero-order chi connectivity index (χ0) is 11.2. The molecule has 3 heteroatoms. The lowest BCUT2D eigenvalue weighted by Gasteiger charge is -2.05. The Balaban J connectivity index is 1.85. The second kappa shape index (κ2) is 5.37. The van der Waals surface area contributed by atoms with Gasteiger partial charge in [-0.2, -0.15) is 0 Å². The van der Waals surface area contributed by atoms with E-state index in [4.69, 9.17) is 9.15 Å². The highest BCUT2D eigenvalue weighted by molar-refractivity contribution is 5.28. The second-order valence-electron chi connectivity index (χ2n) is 3.59. The van der Waals surface area contributed by atoms with Crippen LogP contribution >= 0.6 is 0 Å². The van der Waals surface area contributed by atoms with E-state index in [-0.39, 0.29) is 0 Å². The van der Waals surface area contributed by atoms with Gasteiger partial charge in [0.2, 0.25) is 0 Å². The third-order valence-electron chi connectivity index (χ3n) is 2.37. The lowest BCUT2D eigenvalue weighted by atomic mass is 10.2. The molecule has 2 rings (SSSR count). The molecule has 16 heavy (non-hydrogen) atoms. The van der Waals surface area contributed by atoms with Crippen molar-refractivity contribution in [3.8, 4) is 5.75 Å². The highest BCUT2D eigenvalue weighted by Gasteiger charge is 1.97. The van der Waals surface area contributed by atoms with E-state index in [0.29, 0.717) is 0 Å². The van der Waals surface area contributed by atoms with Crippen molar-refractivity contribution in [3.05, 3.63) is 54.0 Å². The minimum atomic E-state index is 0.813. The molecule has 0 saturated carbocycles. The van der Waals surface area contributed by atoms with Crippen LogP contribution < -0.4 is 10.1 Å². The number of nitrogens with one attached hydrogen (secondary N) is 1. The van der Waals surface area contributed by atoms with Crippen molar-refractivity contribution < 1.29 is 9.15 Å². The van der Waals surface area contributed by atoms with E-state index in [2.05, 4.69) is 11.4 Å². The molecule has 0 fully saturated rings. The number of ether oxygens (including phenoxy) is 1. The molecular formula is C13H15NO2. The first-order chi connectivity index (χ1) is 7.88. The Kier molecular flexibility index (Phi) is 3.62. The number of methoxy groups -OCH3 is 1. The first kappa shape index (κ1) is 10.8. The van der Waals surface area contributed by atoms with Crippen LogP contribution in [0.1, 0.15) is 11.1 Å². The molecule has 84 valence electrons. The molecule has 1 aromatic carbocycles. The van der Waals surface area contributed by atoms with Crippen LogP contribution in [0.4, 0.5) is 0 Å². The molecule has 0 aliphatic rings. The van der Waals surface area contributed by atoms with Crippen molar-refractivity contribution in [1.82, 2.24) is 5.32 Å². The Morgan fingerprint density at radius 2 is 2.06 bits per heavy atom. The summed E-state index contributed by atoms with van der Waals surface area (Å²) in [6.45, 7) is 1.64. The minimum Gasteiger partial charge on any atom is -0.497 e. The summed E-state index contributed by atoms with van der Waals surface area (Å²) in [6, 6.07) is 10.00. The molecule has 0 bridgehead atoms. The molecule has 3 nitrogen and oxygen atoms in total. The Morgan fingerprint density at radius 1 is 1.19 bits per heavy atom. The van der Waals surface area contributed by atoms with Gasteiger partial charge in [-0.3, -0.25) is 0 Å². The van der Waals surface area contributed by atoms with Crippen LogP contribution in [0.5, 0.6) is 5.75 Å². The van der Waals surface area contributed by atoms with E-state index in [9.17, 15) is 0 Å². The van der Waals surface area contributed by atoms with Gasteiger partial charge in [-0.1, -0.05) is 12.1 Å². The molecule has 0 radical (unpaired) electrons. The average molecular weight is 217 g/mol. The number of benzene rings is 1. The topological polar surface area (TPSA) is 34.4 Å². The van der Waals surface area contributed by atoms with Crippen molar-refractivity contribution >= 4 is 0 Å². The van der Waals surface area contributed by atoms with Gasteiger partial charge >= 0.3 is 0 Å². The van der Waals surface area contributed by atoms with Crippen molar-refractivity contribution in [2.75, 3.05) is 7.11 Å². The molecule has 1 aromatic heterocycles. The van der Waals surface area contributed by atoms with Crippen LogP contribution in [-0.4, -0.2) is 7.11 Å². The van der Waals surface area contributed by atoms with Crippen LogP contribution in [-0.2, 0) is 13.1 Å². The smallest absolute Gasteiger partial charge is 0.119 e. The highest BCUT2D eigenvalue weighted by Crippen LogP contribution is 2.12. The van der Waals surface area contributed by atoms with Gasteiger partial charge in [0, 0.05) is 18.7 Å². The van der Waals surface area contributed by atoms with E-state index in [1.165, 1.54) is 5.56 Å². The van der Waals surface area contributed by atoms with Gasteiger partial charge in [-0.15, -0.1) is 0 Å². The predicted octanol–water partition coefficient (Wildman–Crippen LogP) is 2.58. The maximum absolute atomic E-state index is 5.16. The molecule has 1 heterocycles. The monoisotopic (exact) mass is 217 g/mol. The molecule has 0 spiro atoms. The summed E-state index contributed by atoms with van der Waals surface area (Å²) in [6.07, 6.45) is 3.43. The zero-order valence-corrected chi connectivity index (χ0v) is 9.27. The van der Waals surface area contributed by atoms with Gasteiger partial charge in [0.1, 0.15) is 5.75 Å². The van der Waals surface area contributed by atoms with Gasteiger partial charge in [0.05, 0.1) is 19.6 Å². The molecule has 0 unspecified atom stereocenters. The van der Waals surface area contributed by atoms with Crippen LogP contribution in [0.2, 0.25) is 0 Å². The van der Waals surface area contributed by atoms with Crippen LogP contribution in [0.15, 0.2) is 47.3 Å². The van der Waals surface area contributed by atoms with Crippen LogP contribution in [0.3, 0.4) is 0 Å². The van der Waals surface area contributed by atoms with Crippen molar-refractivity contribution in [2.45, 2.75) is 13.1 Å². The third-order valence-corrected chi connectivity index (χ3v) is 2.37. The van der Waals surface area contributed by atoms with Gasteiger partial charge in [-0.05, 0) is 23.8 Å². The van der Waals surface area contributed by atoms with Crippen molar-refractivity contribution in [3.63, 3.8) is 0 Å². The Bertz CT molecular complexity index is 423. The Labute approximate surface area is 95.0 Å². The maximum atomic E-state index is 5.16. The quantitative estimate of drug-likeness (QED) is 0.835. The highest BCUT2D eigenvalue weighted by atomic mass is 16.5. The number of hydrogen-bond acceptors (Lipinski definition) is 3. The van der Waals surface area contributed by atoms with E-state index < -0.39 is 0 Å². The SMILES string of the molecule is COc1cccc(CNCc2ccoc2)c1. The molecule has 0 atom stereocenters. The second-order valence-corrected chi connectivity index (χ2v) is 3.59. The Morgan fingerprint density at radius 3 is 2.81 bits per heavy atom. The fraction of sp³-hybridized carbons (Fsp3) is 0.231. The first-order valence-electron chi connectivity index (χ1n) is 5.23. The van der Waals surface area contributed by atoms with Gasteiger partial charge < -0.3 is 14.5 Å². The van der Waals surface area contributed by atoms with E-state index in [1.54, 1.807) is 19.6 Å². The maximum Gasteiger partial charge on any atom is 0.119 e. The number of rotatable bonds is 5. The third kappa shape index (κ3) is 2.87. The predicted molar refractivity (Wildman–Crippen MR) is 62.2 cm³/mol. The fourth-order valence-corrected chi connectivity index (χ4v) is 1.53. The molecule has 0 aliphatic heterocycles. The molecule has 0 aliphatic carbocycles. The Hall–Kier alpha value is -1.74. The minimum absolute atomic E-state index is 0.813. The van der Waals surface area contributed by atoms with Crippen LogP contribution in [0, 0.1) is 0 Å².